The summed E-state index contributed by atoms with van der Waals surface area (Å²) in [6.07, 6.45) is 0.729. The van der Waals surface area contributed by atoms with E-state index < -0.39 is 18.0 Å². The molecule has 20 heavy (non-hydrogen) atoms. The van der Waals surface area contributed by atoms with E-state index in [-0.39, 0.29) is 12.3 Å². The highest BCUT2D eigenvalue weighted by molar-refractivity contribution is 6.07. The molecule has 1 unspecified atom stereocenters. The Morgan fingerprint density at radius 1 is 1.35 bits per heavy atom. The van der Waals surface area contributed by atoms with Crippen LogP contribution < -0.4 is 16.0 Å². The number of nitrogens with one attached hydrogen (secondary N) is 3. The lowest BCUT2D eigenvalue weighted by Crippen LogP contribution is -2.33. The molecule has 1 saturated heterocycles. The molecule has 3 N–H and O–H groups in total. The highest BCUT2D eigenvalue weighted by atomic mass is 16.2. The Bertz CT molecular complexity index is 569. The van der Waals surface area contributed by atoms with E-state index in [9.17, 15) is 14.4 Å². The largest absolute Gasteiger partial charge is 0.326 e. The van der Waals surface area contributed by atoms with Crippen LogP contribution >= 0.6 is 0 Å². The van der Waals surface area contributed by atoms with Crippen LogP contribution in [0.25, 0.3) is 0 Å². The Labute approximate surface area is 116 Å². The molecule has 1 aliphatic rings. The van der Waals surface area contributed by atoms with E-state index in [1.807, 2.05) is 32.0 Å². The summed E-state index contributed by atoms with van der Waals surface area (Å²) in [6.45, 7) is 3.92. The highest BCUT2D eigenvalue weighted by Gasteiger charge is 2.31. The lowest BCUT2D eigenvalue weighted by Gasteiger charge is -2.14. The van der Waals surface area contributed by atoms with Crippen LogP contribution in [0.15, 0.2) is 18.2 Å². The molecule has 6 nitrogen and oxygen atoms in total. The summed E-state index contributed by atoms with van der Waals surface area (Å²) < 4.78 is 0. The van der Waals surface area contributed by atoms with Crippen LogP contribution in [0, 0.1) is 6.92 Å². The lowest BCUT2D eigenvalue weighted by atomic mass is 10.1. The second-order valence-corrected chi connectivity index (χ2v) is 4.73. The number of benzene rings is 1. The molecule has 1 atom stereocenters. The standard InChI is InChI=1S/C14H17N3O3/c1-3-9-6-4-5-8(2)12(9)16-11(18)7-10-13(19)17-14(20)15-10/h4-6,10H,3,7H2,1-2H3,(H,16,18)(H2,15,17,19,20). The minimum atomic E-state index is -0.795. The zero-order valence-corrected chi connectivity index (χ0v) is 11.4. The number of aryl methyl sites for hydroxylation is 2. The predicted molar refractivity (Wildman–Crippen MR) is 74.3 cm³/mol. The number of imide groups is 1. The summed E-state index contributed by atoms with van der Waals surface area (Å²) in [5.74, 6) is -0.762. The van der Waals surface area contributed by atoms with E-state index in [1.54, 1.807) is 0 Å². The van der Waals surface area contributed by atoms with Gasteiger partial charge in [0.05, 0.1) is 6.42 Å². The molecule has 1 fully saturated rings. The molecule has 0 aliphatic carbocycles. The zero-order chi connectivity index (χ0) is 14.7. The normalized spacial score (nSPS) is 17.6. The molecular formula is C14H17N3O3. The Morgan fingerprint density at radius 3 is 2.70 bits per heavy atom. The average molecular weight is 275 g/mol. The quantitative estimate of drug-likeness (QED) is 0.719. The minimum absolute atomic E-state index is 0.0743. The van der Waals surface area contributed by atoms with Crippen molar-refractivity contribution in [2.75, 3.05) is 5.32 Å². The molecule has 4 amide bonds. The van der Waals surface area contributed by atoms with Gasteiger partial charge >= 0.3 is 6.03 Å². The summed E-state index contributed by atoms with van der Waals surface area (Å²) >= 11 is 0. The van der Waals surface area contributed by atoms with Crippen molar-refractivity contribution < 1.29 is 14.4 Å². The molecule has 2 rings (SSSR count). The number of para-hydroxylation sites is 1. The summed E-state index contributed by atoms with van der Waals surface area (Å²) in [4.78, 5) is 34.4. The maximum atomic E-state index is 12.0. The first-order valence-corrected chi connectivity index (χ1v) is 6.51. The van der Waals surface area contributed by atoms with Crippen molar-refractivity contribution in [3.8, 4) is 0 Å². The number of anilines is 1. The molecule has 0 radical (unpaired) electrons. The number of carbonyl (C=O) groups excluding carboxylic acids is 3. The average Bonchev–Trinajstić information content (AvgIpc) is 2.70. The Morgan fingerprint density at radius 2 is 2.10 bits per heavy atom. The molecule has 1 aliphatic heterocycles. The molecule has 0 saturated carbocycles. The Hall–Kier alpha value is -2.37. The first kappa shape index (κ1) is 14.0. The smallest absolute Gasteiger partial charge is 0.322 e. The Balaban J connectivity index is 2.05. The van der Waals surface area contributed by atoms with Crippen molar-refractivity contribution in [3.05, 3.63) is 29.3 Å². The number of hydrogen-bond acceptors (Lipinski definition) is 3. The second-order valence-electron chi connectivity index (χ2n) is 4.73. The van der Waals surface area contributed by atoms with Crippen molar-refractivity contribution >= 4 is 23.5 Å². The molecular weight excluding hydrogens is 258 g/mol. The summed E-state index contributed by atoms with van der Waals surface area (Å²) in [7, 11) is 0. The molecule has 1 aromatic carbocycles. The van der Waals surface area contributed by atoms with Gasteiger partial charge in [-0.1, -0.05) is 25.1 Å². The number of rotatable bonds is 4. The van der Waals surface area contributed by atoms with Crippen LogP contribution in [0.5, 0.6) is 0 Å². The molecule has 106 valence electrons. The van der Waals surface area contributed by atoms with Crippen molar-refractivity contribution in [3.63, 3.8) is 0 Å². The van der Waals surface area contributed by atoms with Crippen LogP contribution in [0.1, 0.15) is 24.5 Å². The number of hydrogen-bond donors (Lipinski definition) is 3. The van der Waals surface area contributed by atoms with Gasteiger partial charge in [0.25, 0.3) is 5.91 Å². The molecule has 1 aromatic rings. The van der Waals surface area contributed by atoms with Crippen molar-refractivity contribution in [2.24, 2.45) is 0 Å². The van der Waals surface area contributed by atoms with Gasteiger partial charge in [0.1, 0.15) is 6.04 Å². The summed E-state index contributed by atoms with van der Waals surface area (Å²) in [5, 5.41) is 7.33. The molecule has 0 aromatic heterocycles. The van der Waals surface area contributed by atoms with E-state index in [4.69, 9.17) is 0 Å². The van der Waals surface area contributed by atoms with Crippen LogP contribution in [0.2, 0.25) is 0 Å². The minimum Gasteiger partial charge on any atom is -0.326 e. The third kappa shape index (κ3) is 2.96. The fraction of sp³-hybridized carbons (Fsp3) is 0.357. The van der Waals surface area contributed by atoms with E-state index in [0.717, 1.165) is 23.2 Å². The second kappa shape index (κ2) is 5.73. The first-order chi connectivity index (χ1) is 9.51. The van der Waals surface area contributed by atoms with E-state index in [2.05, 4.69) is 16.0 Å². The fourth-order valence-electron chi connectivity index (χ4n) is 2.18. The fourth-order valence-corrected chi connectivity index (χ4v) is 2.18. The Kier molecular flexibility index (Phi) is 4.02. The SMILES string of the molecule is CCc1cccc(C)c1NC(=O)CC1NC(=O)NC1=O. The van der Waals surface area contributed by atoms with Crippen molar-refractivity contribution in [1.29, 1.82) is 0 Å². The van der Waals surface area contributed by atoms with Crippen LogP contribution in [-0.4, -0.2) is 23.9 Å². The molecule has 6 heteroatoms. The molecule has 0 spiro atoms. The summed E-state index contributed by atoms with van der Waals surface area (Å²) in [6, 6.07) is 4.45. The van der Waals surface area contributed by atoms with E-state index >= 15 is 0 Å². The maximum Gasteiger partial charge on any atom is 0.322 e. The van der Waals surface area contributed by atoms with Crippen LogP contribution in [0.3, 0.4) is 0 Å². The van der Waals surface area contributed by atoms with Gasteiger partial charge in [-0.15, -0.1) is 0 Å². The van der Waals surface area contributed by atoms with Gasteiger partial charge in [-0.05, 0) is 24.5 Å². The van der Waals surface area contributed by atoms with Gasteiger partial charge in [-0.25, -0.2) is 4.79 Å². The van der Waals surface area contributed by atoms with Gasteiger partial charge in [0.15, 0.2) is 0 Å². The van der Waals surface area contributed by atoms with Gasteiger partial charge in [0, 0.05) is 5.69 Å². The number of urea groups is 1. The monoisotopic (exact) mass is 275 g/mol. The number of amides is 4. The van der Waals surface area contributed by atoms with E-state index in [1.165, 1.54) is 0 Å². The van der Waals surface area contributed by atoms with Gasteiger partial charge < -0.3 is 10.6 Å². The van der Waals surface area contributed by atoms with Gasteiger partial charge in [-0.3, -0.25) is 14.9 Å². The topological polar surface area (TPSA) is 87.3 Å². The maximum absolute atomic E-state index is 12.0. The van der Waals surface area contributed by atoms with Gasteiger partial charge in [0.2, 0.25) is 5.91 Å². The zero-order valence-electron chi connectivity index (χ0n) is 11.4. The predicted octanol–water partition coefficient (Wildman–Crippen LogP) is 1.09. The summed E-state index contributed by atoms with van der Waals surface area (Å²) in [5.41, 5.74) is 2.79. The van der Waals surface area contributed by atoms with E-state index in [0.29, 0.717) is 0 Å². The van der Waals surface area contributed by atoms with Crippen molar-refractivity contribution in [1.82, 2.24) is 10.6 Å². The third-order valence-electron chi connectivity index (χ3n) is 3.25. The molecule has 1 heterocycles. The third-order valence-corrected chi connectivity index (χ3v) is 3.25. The van der Waals surface area contributed by atoms with Crippen LogP contribution in [-0.2, 0) is 16.0 Å². The molecule has 0 bridgehead atoms. The first-order valence-electron chi connectivity index (χ1n) is 6.51. The lowest BCUT2D eigenvalue weighted by molar-refractivity contribution is -0.124. The van der Waals surface area contributed by atoms with Crippen molar-refractivity contribution in [2.45, 2.75) is 32.7 Å². The highest BCUT2D eigenvalue weighted by Crippen LogP contribution is 2.21. The number of carbonyl (C=O) groups is 3. The van der Waals surface area contributed by atoms with Crippen LogP contribution in [0.4, 0.5) is 10.5 Å². The van der Waals surface area contributed by atoms with Gasteiger partial charge in [-0.2, -0.15) is 0 Å².